The zero-order chi connectivity index (χ0) is 14.8. The van der Waals surface area contributed by atoms with Crippen molar-refractivity contribution in [2.45, 2.75) is 30.5 Å². The van der Waals surface area contributed by atoms with Gasteiger partial charge in [-0.2, -0.15) is 0 Å². The maximum Gasteiger partial charge on any atom is 0.133 e. The van der Waals surface area contributed by atoms with Crippen molar-refractivity contribution >= 4 is 31.9 Å². The number of benzene rings is 2. The van der Waals surface area contributed by atoms with Gasteiger partial charge in [-0.3, -0.25) is 0 Å². The summed E-state index contributed by atoms with van der Waals surface area (Å²) in [5.74, 6) is 0.865. The van der Waals surface area contributed by atoms with Crippen LogP contribution in [-0.2, 0) is 12.8 Å². The molecule has 0 heterocycles. The van der Waals surface area contributed by atoms with Crippen LogP contribution in [0.1, 0.15) is 39.9 Å². The van der Waals surface area contributed by atoms with Crippen molar-refractivity contribution in [3.05, 3.63) is 63.1 Å². The average molecular weight is 410 g/mol. The van der Waals surface area contributed by atoms with Gasteiger partial charge in [-0.05, 0) is 76.0 Å². The zero-order valence-corrected chi connectivity index (χ0v) is 15.2. The van der Waals surface area contributed by atoms with Gasteiger partial charge < -0.3 is 4.74 Å². The van der Waals surface area contributed by atoms with Crippen LogP contribution >= 0.6 is 31.9 Å². The van der Waals surface area contributed by atoms with E-state index in [0.29, 0.717) is 0 Å². The largest absolute Gasteiger partial charge is 0.496 e. The molecule has 1 nitrogen and oxygen atoms in total. The van der Waals surface area contributed by atoms with Gasteiger partial charge in [-0.25, -0.2) is 0 Å². The van der Waals surface area contributed by atoms with Gasteiger partial charge in [0.1, 0.15) is 5.75 Å². The van der Waals surface area contributed by atoms with E-state index in [1.54, 1.807) is 7.11 Å². The summed E-state index contributed by atoms with van der Waals surface area (Å²) >= 11 is 7.40. The van der Waals surface area contributed by atoms with Crippen LogP contribution in [0.3, 0.4) is 0 Å². The molecular formula is C18H18Br2O. The molecule has 3 heteroatoms. The third-order valence-corrected chi connectivity index (χ3v) is 5.81. The first-order valence-corrected chi connectivity index (χ1v) is 8.99. The van der Waals surface area contributed by atoms with Gasteiger partial charge in [0.05, 0.1) is 16.4 Å². The van der Waals surface area contributed by atoms with E-state index >= 15 is 0 Å². The minimum absolute atomic E-state index is 0.215. The number of hydrogen-bond donors (Lipinski definition) is 0. The van der Waals surface area contributed by atoms with E-state index in [-0.39, 0.29) is 4.83 Å². The highest BCUT2D eigenvalue weighted by Gasteiger charge is 2.15. The molecule has 0 saturated heterocycles. The Kier molecular flexibility index (Phi) is 4.70. The van der Waals surface area contributed by atoms with E-state index < -0.39 is 0 Å². The van der Waals surface area contributed by atoms with Gasteiger partial charge >= 0.3 is 0 Å². The predicted molar refractivity (Wildman–Crippen MR) is 94.5 cm³/mol. The molecule has 1 unspecified atom stereocenters. The van der Waals surface area contributed by atoms with E-state index in [9.17, 15) is 0 Å². The molecule has 0 spiro atoms. The Morgan fingerprint density at radius 1 is 0.952 bits per heavy atom. The Hall–Kier alpha value is -0.800. The van der Waals surface area contributed by atoms with Crippen molar-refractivity contribution in [1.29, 1.82) is 0 Å². The van der Waals surface area contributed by atoms with Crippen LogP contribution < -0.4 is 4.74 Å². The van der Waals surface area contributed by atoms with Crippen molar-refractivity contribution < 1.29 is 4.74 Å². The molecule has 21 heavy (non-hydrogen) atoms. The normalized spacial score (nSPS) is 15.4. The Morgan fingerprint density at radius 3 is 2.33 bits per heavy atom. The highest BCUT2D eigenvalue weighted by atomic mass is 79.9. The minimum atomic E-state index is 0.215. The fraction of sp³-hybridized carbons (Fsp3) is 0.333. The second kappa shape index (κ2) is 6.53. The molecule has 2 aromatic carbocycles. The molecule has 1 aliphatic rings. The van der Waals surface area contributed by atoms with Gasteiger partial charge in [0, 0.05) is 0 Å². The van der Waals surface area contributed by atoms with Gasteiger partial charge in [0.25, 0.3) is 0 Å². The Morgan fingerprint density at radius 2 is 1.62 bits per heavy atom. The summed E-state index contributed by atoms with van der Waals surface area (Å²) in [6.45, 7) is 0. The summed E-state index contributed by atoms with van der Waals surface area (Å²) in [7, 11) is 1.69. The Bertz CT molecular complexity index is 652. The number of ether oxygens (including phenoxy) is 1. The molecule has 0 radical (unpaired) electrons. The maximum atomic E-state index is 5.30. The topological polar surface area (TPSA) is 9.23 Å². The predicted octanol–water partition coefficient (Wildman–Crippen LogP) is 5.82. The maximum absolute atomic E-state index is 5.30. The summed E-state index contributed by atoms with van der Waals surface area (Å²) in [5, 5.41) is 0. The summed E-state index contributed by atoms with van der Waals surface area (Å²) in [6, 6.07) is 13.2. The minimum Gasteiger partial charge on any atom is -0.496 e. The van der Waals surface area contributed by atoms with Crippen LogP contribution in [0.2, 0.25) is 0 Å². The zero-order valence-electron chi connectivity index (χ0n) is 12.0. The van der Waals surface area contributed by atoms with Crippen molar-refractivity contribution in [1.82, 2.24) is 0 Å². The summed E-state index contributed by atoms with van der Waals surface area (Å²) in [6.07, 6.45) is 5.10. The van der Waals surface area contributed by atoms with E-state index in [4.69, 9.17) is 4.74 Å². The van der Waals surface area contributed by atoms with Gasteiger partial charge in [0.2, 0.25) is 0 Å². The van der Waals surface area contributed by atoms with Crippen LogP contribution in [0.15, 0.2) is 40.9 Å². The molecule has 0 saturated carbocycles. The molecule has 2 aromatic rings. The SMILES string of the molecule is COc1ccc(C(Br)c2ccc3c(c2)CCCC3)cc1Br. The number of aryl methyl sites for hydroxylation is 2. The number of halogens is 2. The lowest BCUT2D eigenvalue weighted by molar-refractivity contribution is 0.412. The second-order valence-electron chi connectivity index (χ2n) is 5.49. The fourth-order valence-electron chi connectivity index (χ4n) is 2.94. The molecule has 1 aliphatic carbocycles. The van der Waals surface area contributed by atoms with Crippen LogP contribution in [0.5, 0.6) is 5.75 Å². The fourth-order valence-corrected chi connectivity index (χ4v) is 4.07. The molecule has 0 N–H and O–H groups in total. The first-order chi connectivity index (χ1) is 10.2. The smallest absolute Gasteiger partial charge is 0.133 e. The van der Waals surface area contributed by atoms with Crippen molar-refractivity contribution in [3.8, 4) is 5.75 Å². The van der Waals surface area contributed by atoms with Crippen LogP contribution in [-0.4, -0.2) is 7.11 Å². The second-order valence-corrected chi connectivity index (χ2v) is 7.26. The summed E-state index contributed by atoms with van der Waals surface area (Å²) in [5.41, 5.74) is 5.61. The average Bonchev–Trinajstić information content (AvgIpc) is 2.53. The number of alkyl halides is 1. The van der Waals surface area contributed by atoms with Gasteiger partial charge in [0.15, 0.2) is 0 Å². The number of rotatable bonds is 3. The number of methoxy groups -OCH3 is 1. The lowest BCUT2D eigenvalue weighted by atomic mass is 9.89. The van der Waals surface area contributed by atoms with E-state index in [2.05, 4.69) is 62.2 Å². The molecule has 0 bridgehead atoms. The lowest BCUT2D eigenvalue weighted by Gasteiger charge is -2.19. The highest BCUT2D eigenvalue weighted by Crippen LogP contribution is 2.36. The molecule has 0 aliphatic heterocycles. The Labute approximate surface area is 143 Å². The van der Waals surface area contributed by atoms with Gasteiger partial charge in [-0.1, -0.05) is 40.2 Å². The summed E-state index contributed by atoms with van der Waals surface area (Å²) < 4.78 is 6.29. The Balaban J connectivity index is 1.91. The first kappa shape index (κ1) is 15.1. The highest BCUT2D eigenvalue weighted by molar-refractivity contribution is 9.10. The van der Waals surface area contributed by atoms with Crippen molar-refractivity contribution in [3.63, 3.8) is 0 Å². The molecule has 0 fully saturated rings. The molecule has 1 atom stereocenters. The van der Waals surface area contributed by atoms with E-state index in [1.165, 1.54) is 47.9 Å². The first-order valence-electron chi connectivity index (χ1n) is 7.28. The molecule has 110 valence electrons. The van der Waals surface area contributed by atoms with Crippen molar-refractivity contribution in [2.24, 2.45) is 0 Å². The van der Waals surface area contributed by atoms with Gasteiger partial charge in [-0.15, -0.1) is 0 Å². The van der Waals surface area contributed by atoms with E-state index in [0.717, 1.165) is 10.2 Å². The third-order valence-electron chi connectivity index (χ3n) is 4.13. The molecule has 0 aromatic heterocycles. The summed E-state index contributed by atoms with van der Waals surface area (Å²) in [4.78, 5) is 0.215. The number of hydrogen-bond acceptors (Lipinski definition) is 1. The number of fused-ring (bicyclic) bond motifs is 1. The quantitative estimate of drug-likeness (QED) is 0.580. The molecular weight excluding hydrogens is 392 g/mol. The lowest BCUT2D eigenvalue weighted by Crippen LogP contribution is -2.04. The molecule has 3 rings (SSSR count). The van der Waals surface area contributed by atoms with Crippen LogP contribution in [0.4, 0.5) is 0 Å². The third kappa shape index (κ3) is 3.19. The van der Waals surface area contributed by atoms with E-state index in [1.807, 2.05) is 6.07 Å². The van der Waals surface area contributed by atoms with Crippen LogP contribution in [0.25, 0.3) is 0 Å². The van der Waals surface area contributed by atoms with Crippen LogP contribution in [0, 0.1) is 0 Å². The monoisotopic (exact) mass is 408 g/mol. The van der Waals surface area contributed by atoms with Crippen molar-refractivity contribution in [2.75, 3.05) is 7.11 Å². The standard InChI is InChI=1S/C18H18Br2O/c1-21-17-9-8-15(11-16(17)19)18(20)14-7-6-12-4-2-3-5-13(12)10-14/h6-11,18H,2-5H2,1H3. The molecule has 0 amide bonds.